The van der Waals surface area contributed by atoms with Crippen LogP contribution in [0.15, 0.2) is 54.9 Å². The first kappa shape index (κ1) is 18.2. The predicted molar refractivity (Wildman–Crippen MR) is 83.9 cm³/mol. The van der Waals surface area contributed by atoms with Crippen LogP contribution in [0.3, 0.4) is 0 Å². The van der Waals surface area contributed by atoms with Crippen molar-refractivity contribution in [2.24, 2.45) is 0 Å². The molecule has 1 aromatic heterocycles. The Morgan fingerprint density at radius 2 is 1.72 bits per heavy atom. The summed E-state index contributed by atoms with van der Waals surface area (Å²) in [7, 11) is 1.40. The van der Waals surface area contributed by atoms with E-state index in [-0.39, 0.29) is 6.01 Å². The topological polar surface area (TPSA) is 72.3 Å². The van der Waals surface area contributed by atoms with Gasteiger partial charge in [0.05, 0.1) is 12.7 Å². The van der Waals surface area contributed by atoms with Crippen molar-refractivity contribution in [1.29, 1.82) is 0 Å². The molecular formula is C17H13F3N2O3. The predicted octanol–water partition coefficient (Wildman–Crippen LogP) is 3.58. The van der Waals surface area contributed by atoms with E-state index < -0.39 is 17.7 Å². The summed E-state index contributed by atoms with van der Waals surface area (Å²) in [6.45, 7) is 0. The van der Waals surface area contributed by atoms with Gasteiger partial charge in [-0.25, -0.2) is 14.8 Å². The number of hydrogen-bond acceptors (Lipinski definition) is 4. The maximum absolute atomic E-state index is 12.7. The number of hydrogen-bond donors (Lipinski definition) is 1. The van der Waals surface area contributed by atoms with Gasteiger partial charge in [-0.15, -0.1) is 0 Å². The molecule has 0 atom stereocenters. The van der Waals surface area contributed by atoms with Crippen LogP contribution in [0.25, 0.3) is 5.57 Å². The SMILES string of the molecule is COc1ncc(/C(=C\C=C\C(=O)O)c2ccc(C(F)(F)F)cc2)cn1. The van der Waals surface area contributed by atoms with E-state index in [1.54, 1.807) is 0 Å². The van der Waals surface area contributed by atoms with Crippen LogP contribution < -0.4 is 4.74 Å². The van der Waals surface area contributed by atoms with Gasteiger partial charge in [-0.2, -0.15) is 13.2 Å². The number of aromatic nitrogens is 2. The largest absolute Gasteiger partial charge is 0.478 e. The highest BCUT2D eigenvalue weighted by Crippen LogP contribution is 2.31. The lowest BCUT2D eigenvalue weighted by Crippen LogP contribution is -2.04. The minimum Gasteiger partial charge on any atom is -0.478 e. The summed E-state index contributed by atoms with van der Waals surface area (Å²) in [5.41, 5.74) is 0.643. The van der Waals surface area contributed by atoms with Crippen LogP contribution >= 0.6 is 0 Å². The molecule has 1 aromatic carbocycles. The molecule has 8 heteroatoms. The van der Waals surface area contributed by atoms with Crippen molar-refractivity contribution in [3.05, 3.63) is 71.6 Å². The maximum atomic E-state index is 12.7. The third-order valence-electron chi connectivity index (χ3n) is 3.15. The van der Waals surface area contributed by atoms with E-state index in [0.29, 0.717) is 16.7 Å². The Morgan fingerprint density at radius 1 is 1.12 bits per heavy atom. The van der Waals surface area contributed by atoms with Crippen molar-refractivity contribution in [2.75, 3.05) is 7.11 Å². The molecule has 5 nitrogen and oxygen atoms in total. The van der Waals surface area contributed by atoms with Crippen molar-refractivity contribution in [2.45, 2.75) is 6.18 Å². The molecule has 0 saturated heterocycles. The van der Waals surface area contributed by atoms with Gasteiger partial charge in [0.25, 0.3) is 0 Å². The molecule has 0 radical (unpaired) electrons. The number of ether oxygens (including phenoxy) is 1. The molecule has 2 rings (SSSR count). The maximum Gasteiger partial charge on any atom is 0.416 e. The third kappa shape index (κ3) is 4.90. The number of halogens is 3. The molecule has 0 bridgehead atoms. The summed E-state index contributed by atoms with van der Waals surface area (Å²) in [6, 6.07) is 4.64. The zero-order chi connectivity index (χ0) is 18.4. The number of nitrogens with zero attached hydrogens (tertiary/aromatic N) is 2. The molecule has 0 spiro atoms. The smallest absolute Gasteiger partial charge is 0.416 e. The van der Waals surface area contributed by atoms with Gasteiger partial charge in [-0.3, -0.25) is 0 Å². The summed E-state index contributed by atoms with van der Waals surface area (Å²) in [4.78, 5) is 18.5. The van der Waals surface area contributed by atoms with E-state index in [4.69, 9.17) is 9.84 Å². The zero-order valence-corrected chi connectivity index (χ0v) is 13.0. The van der Waals surface area contributed by atoms with Gasteiger partial charge in [0, 0.05) is 24.0 Å². The average molecular weight is 350 g/mol. The Kier molecular flexibility index (Phi) is 5.53. The lowest BCUT2D eigenvalue weighted by atomic mass is 9.98. The molecule has 0 unspecified atom stereocenters. The Labute approximate surface area is 141 Å². The summed E-state index contributed by atoms with van der Waals surface area (Å²) in [6.07, 6.45) is 2.08. The zero-order valence-electron chi connectivity index (χ0n) is 13.0. The second-order valence-corrected chi connectivity index (χ2v) is 4.81. The van der Waals surface area contributed by atoms with Gasteiger partial charge in [-0.05, 0) is 23.3 Å². The molecule has 0 aliphatic carbocycles. The van der Waals surface area contributed by atoms with E-state index in [1.807, 2.05) is 0 Å². The van der Waals surface area contributed by atoms with Crippen LogP contribution in [0.4, 0.5) is 13.2 Å². The Morgan fingerprint density at radius 3 is 2.20 bits per heavy atom. The highest BCUT2D eigenvalue weighted by atomic mass is 19.4. The van der Waals surface area contributed by atoms with Crippen LogP contribution in [0.5, 0.6) is 6.01 Å². The normalized spacial score (nSPS) is 12.4. The van der Waals surface area contributed by atoms with Gasteiger partial charge in [0.1, 0.15) is 0 Å². The highest BCUT2D eigenvalue weighted by molar-refractivity contribution is 5.83. The fourth-order valence-corrected chi connectivity index (χ4v) is 1.99. The van der Waals surface area contributed by atoms with Gasteiger partial charge in [0.15, 0.2) is 0 Å². The third-order valence-corrected chi connectivity index (χ3v) is 3.15. The molecule has 0 amide bonds. The van der Waals surface area contributed by atoms with Crippen LogP contribution in [0, 0.1) is 0 Å². The molecule has 25 heavy (non-hydrogen) atoms. The average Bonchev–Trinajstić information content (AvgIpc) is 2.58. The highest BCUT2D eigenvalue weighted by Gasteiger charge is 2.30. The van der Waals surface area contributed by atoms with Gasteiger partial charge < -0.3 is 9.84 Å². The second-order valence-electron chi connectivity index (χ2n) is 4.81. The van der Waals surface area contributed by atoms with Crippen LogP contribution in [0.1, 0.15) is 16.7 Å². The van der Waals surface area contributed by atoms with Gasteiger partial charge >= 0.3 is 18.2 Å². The molecule has 2 aromatic rings. The summed E-state index contributed by atoms with van der Waals surface area (Å²) >= 11 is 0. The number of carbonyl (C=O) groups is 1. The molecular weight excluding hydrogens is 337 g/mol. The Balaban J connectivity index is 2.45. The number of rotatable bonds is 5. The van der Waals surface area contributed by atoms with E-state index in [1.165, 1.54) is 43.8 Å². The van der Waals surface area contributed by atoms with Crippen molar-refractivity contribution < 1.29 is 27.8 Å². The number of alkyl halides is 3. The summed E-state index contributed by atoms with van der Waals surface area (Å²) in [5.74, 6) is -1.14. The molecule has 0 saturated carbocycles. The number of carboxylic acids is 1. The number of aliphatic carboxylic acids is 1. The number of methoxy groups -OCH3 is 1. The second kappa shape index (κ2) is 7.61. The first-order valence-electron chi connectivity index (χ1n) is 6.96. The van der Waals surface area contributed by atoms with E-state index in [2.05, 4.69) is 9.97 Å². The first-order valence-corrected chi connectivity index (χ1v) is 6.96. The molecule has 0 aliphatic rings. The monoisotopic (exact) mass is 350 g/mol. The number of allylic oxidation sites excluding steroid dienone is 2. The van der Waals surface area contributed by atoms with Crippen LogP contribution in [-0.2, 0) is 11.0 Å². The Bertz CT molecular complexity index is 795. The molecule has 130 valence electrons. The lowest BCUT2D eigenvalue weighted by molar-refractivity contribution is -0.137. The fraction of sp³-hybridized carbons (Fsp3) is 0.118. The van der Waals surface area contributed by atoms with E-state index in [0.717, 1.165) is 18.2 Å². The van der Waals surface area contributed by atoms with Crippen molar-refractivity contribution >= 4 is 11.5 Å². The standard InChI is InChI=1S/C17H13F3N2O3/c1-25-16-21-9-12(10-22-16)14(3-2-4-15(23)24)11-5-7-13(8-6-11)17(18,19)20/h2-10H,1H3,(H,23,24)/b4-2+,14-3-. The quantitative estimate of drug-likeness (QED) is 0.659. The molecule has 1 N–H and O–H groups in total. The summed E-state index contributed by atoms with van der Waals surface area (Å²) < 4.78 is 42.9. The summed E-state index contributed by atoms with van der Waals surface area (Å²) in [5, 5.41) is 8.68. The molecule has 0 fully saturated rings. The molecule has 1 heterocycles. The van der Waals surface area contributed by atoms with E-state index >= 15 is 0 Å². The van der Waals surface area contributed by atoms with Crippen LogP contribution in [-0.4, -0.2) is 28.2 Å². The molecule has 0 aliphatic heterocycles. The lowest BCUT2D eigenvalue weighted by Gasteiger charge is -2.10. The van der Waals surface area contributed by atoms with Gasteiger partial charge in [-0.1, -0.05) is 24.3 Å². The van der Waals surface area contributed by atoms with Crippen molar-refractivity contribution in [3.63, 3.8) is 0 Å². The fourth-order valence-electron chi connectivity index (χ4n) is 1.99. The van der Waals surface area contributed by atoms with Crippen molar-refractivity contribution in [1.82, 2.24) is 9.97 Å². The van der Waals surface area contributed by atoms with E-state index in [9.17, 15) is 18.0 Å². The minimum absolute atomic E-state index is 0.136. The number of carboxylic acid groups (broad SMARTS) is 1. The van der Waals surface area contributed by atoms with Crippen LogP contribution in [0.2, 0.25) is 0 Å². The van der Waals surface area contributed by atoms with Crippen molar-refractivity contribution in [3.8, 4) is 6.01 Å². The minimum atomic E-state index is -4.44. The number of benzene rings is 1. The van der Waals surface area contributed by atoms with Gasteiger partial charge in [0.2, 0.25) is 0 Å². The first-order chi connectivity index (χ1) is 11.8. The Hall–Kier alpha value is -3.16.